The SMILES string of the molecule is CCCCCCS(=O)(=O)OC(=O)CCC(=O)[O-].[Na+]. The van der Waals surface area contributed by atoms with E-state index in [4.69, 9.17) is 0 Å². The summed E-state index contributed by atoms with van der Waals surface area (Å²) in [7, 11) is -3.87. The van der Waals surface area contributed by atoms with Crippen molar-refractivity contribution in [2.45, 2.75) is 45.4 Å². The Bertz CT molecular complexity index is 351. The van der Waals surface area contributed by atoms with Crippen molar-refractivity contribution in [1.29, 1.82) is 0 Å². The minimum absolute atomic E-state index is 0. The van der Waals surface area contributed by atoms with Crippen LogP contribution in [-0.4, -0.2) is 26.1 Å². The Labute approximate surface area is 130 Å². The van der Waals surface area contributed by atoms with Gasteiger partial charge in [0, 0.05) is 5.97 Å². The molecule has 0 unspecified atom stereocenters. The minimum atomic E-state index is -3.87. The summed E-state index contributed by atoms with van der Waals surface area (Å²) in [5.74, 6) is -2.68. The van der Waals surface area contributed by atoms with Crippen molar-refractivity contribution < 1.29 is 56.9 Å². The largest absolute Gasteiger partial charge is 1.00 e. The molecule has 0 heterocycles. The fourth-order valence-corrected chi connectivity index (χ4v) is 2.14. The molecule has 6 nitrogen and oxygen atoms in total. The van der Waals surface area contributed by atoms with Crippen LogP contribution in [0, 0.1) is 0 Å². The molecule has 0 aliphatic carbocycles. The van der Waals surface area contributed by atoms with Crippen LogP contribution in [0.1, 0.15) is 45.4 Å². The predicted molar refractivity (Wildman–Crippen MR) is 58.3 cm³/mol. The van der Waals surface area contributed by atoms with Gasteiger partial charge in [0.25, 0.3) is 0 Å². The van der Waals surface area contributed by atoms with Crippen LogP contribution in [0.2, 0.25) is 0 Å². The van der Waals surface area contributed by atoms with Crippen molar-refractivity contribution in [2.24, 2.45) is 0 Å². The number of carboxylic acids is 1. The van der Waals surface area contributed by atoms with Gasteiger partial charge in [-0.15, -0.1) is 0 Å². The van der Waals surface area contributed by atoms with Gasteiger partial charge in [0.05, 0.1) is 12.2 Å². The summed E-state index contributed by atoms with van der Waals surface area (Å²) in [6.07, 6.45) is 2.07. The van der Waals surface area contributed by atoms with Crippen molar-refractivity contribution in [3.05, 3.63) is 0 Å². The molecule has 0 N–H and O–H groups in total. The van der Waals surface area contributed by atoms with Gasteiger partial charge in [-0.2, -0.15) is 8.42 Å². The molecule has 18 heavy (non-hydrogen) atoms. The van der Waals surface area contributed by atoms with Crippen LogP contribution < -0.4 is 34.7 Å². The molecule has 0 fully saturated rings. The average Bonchev–Trinajstić information content (AvgIpc) is 2.21. The van der Waals surface area contributed by atoms with E-state index in [0.717, 1.165) is 19.3 Å². The van der Waals surface area contributed by atoms with Gasteiger partial charge in [-0.05, 0) is 12.8 Å². The van der Waals surface area contributed by atoms with E-state index < -0.39 is 34.9 Å². The van der Waals surface area contributed by atoms with Crippen molar-refractivity contribution in [2.75, 3.05) is 5.75 Å². The molecule has 0 saturated heterocycles. The Morgan fingerprint density at radius 3 is 2.22 bits per heavy atom. The van der Waals surface area contributed by atoms with Crippen molar-refractivity contribution in [1.82, 2.24) is 0 Å². The summed E-state index contributed by atoms with van der Waals surface area (Å²) >= 11 is 0. The summed E-state index contributed by atoms with van der Waals surface area (Å²) < 4.78 is 26.7. The maximum atomic E-state index is 11.2. The summed E-state index contributed by atoms with van der Waals surface area (Å²) in [6.45, 7) is 1.99. The molecule has 0 saturated carbocycles. The summed E-state index contributed by atoms with van der Waals surface area (Å²) in [6, 6.07) is 0. The first-order valence-electron chi connectivity index (χ1n) is 5.52. The summed E-state index contributed by atoms with van der Waals surface area (Å²) in [5.41, 5.74) is 0. The fraction of sp³-hybridized carbons (Fsp3) is 0.800. The molecule has 0 aliphatic heterocycles. The smallest absolute Gasteiger partial charge is 0.550 e. The van der Waals surface area contributed by atoms with E-state index in [9.17, 15) is 23.1 Å². The molecule has 100 valence electrons. The van der Waals surface area contributed by atoms with Crippen LogP contribution in [0.25, 0.3) is 0 Å². The van der Waals surface area contributed by atoms with Gasteiger partial charge in [-0.3, -0.25) is 4.79 Å². The van der Waals surface area contributed by atoms with Crippen molar-refractivity contribution in [3.63, 3.8) is 0 Å². The summed E-state index contributed by atoms with van der Waals surface area (Å²) in [5, 5.41) is 10.0. The molecule has 0 amide bonds. The molecular weight excluding hydrogens is 271 g/mol. The maximum Gasteiger partial charge on any atom is 1.00 e. The molecular formula is C10H17NaO6S. The van der Waals surface area contributed by atoms with E-state index in [0.29, 0.717) is 6.42 Å². The number of hydrogen-bond donors (Lipinski definition) is 0. The Morgan fingerprint density at radius 2 is 1.72 bits per heavy atom. The van der Waals surface area contributed by atoms with E-state index in [2.05, 4.69) is 4.18 Å². The first-order chi connectivity index (χ1) is 7.87. The van der Waals surface area contributed by atoms with Crippen molar-refractivity contribution >= 4 is 22.1 Å². The molecule has 0 radical (unpaired) electrons. The van der Waals surface area contributed by atoms with Crippen LogP contribution >= 0.6 is 0 Å². The van der Waals surface area contributed by atoms with Gasteiger partial charge < -0.3 is 14.1 Å². The molecule has 0 aliphatic rings. The van der Waals surface area contributed by atoms with Gasteiger partial charge in [0.15, 0.2) is 0 Å². The number of hydrogen-bond acceptors (Lipinski definition) is 6. The van der Waals surface area contributed by atoms with Crippen LogP contribution in [0.4, 0.5) is 0 Å². The topological polar surface area (TPSA) is 101 Å². The van der Waals surface area contributed by atoms with E-state index in [1.807, 2.05) is 6.92 Å². The van der Waals surface area contributed by atoms with Gasteiger partial charge in [0.1, 0.15) is 0 Å². The fourth-order valence-electron chi connectivity index (χ4n) is 1.13. The van der Waals surface area contributed by atoms with Gasteiger partial charge in [0.2, 0.25) is 0 Å². The van der Waals surface area contributed by atoms with Crippen LogP contribution in [-0.2, 0) is 23.9 Å². The first kappa shape index (κ1) is 20.2. The number of aliphatic carboxylic acids is 1. The molecule has 0 aromatic rings. The third kappa shape index (κ3) is 12.3. The van der Waals surface area contributed by atoms with Crippen LogP contribution in [0.15, 0.2) is 0 Å². The quantitative estimate of drug-likeness (QED) is 0.254. The van der Waals surface area contributed by atoms with Crippen LogP contribution in [0.3, 0.4) is 0 Å². The molecule has 0 spiro atoms. The normalized spacial score (nSPS) is 10.5. The molecule has 0 bridgehead atoms. The maximum absolute atomic E-state index is 11.2. The second-order valence-corrected chi connectivity index (χ2v) is 5.34. The average molecular weight is 288 g/mol. The predicted octanol–water partition coefficient (Wildman–Crippen LogP) is -3.03. The Kier molecular flexibility index (Phi) is 12.1. The van der Waals surface area contributed by atoms with Gasteiger partial charge >= 0.3 is 45.6 Å². The Hall–Kier alpha value is -0.110. The van der Waals surface area contributed by atoms with E-state index >= 15 is 0 Å². The molecule has 8 heteroatoms. The second-order valence-electron chi connectivity index (χ2n) is 3.65. The second kappa shape index (κ2) is 10.8. The zero-order chi connectivity index (χ0) is 13.3. The molecule has 0 atom stereocenters. The minimum Gasteiger partial charge on any atom is -0.550 e. The van der Waals surface area contributed by atoms with E-state index in [1.54, 1.807) is 0 Å². The third-order valence-electron chi connectivity index (χ3n) is 2.00. The Balaban J connectivity index is 0. The standard InChI is InChI=1S/C10H18O6S.Na/c1-2-3-4-5-8-17(14,15)16-10(13)7-6-9(11)12;/h2-8H2,1H3,(H,11,12);/q;+1/p-1. The number of carbonyl (C=O) groups excluding carboxylic acids is 2. The molecule has 0 aromatic heterocycles. The van der Waals surface area contributed by atoms with Gasteiger partial charge in [-0.1, -0.05) is 26.2 Å². The van der Waals surface area contributed by atoms with E-state index in [-0.39, 0.29) is 35.3 Å². The monoisotopic (exact) mass is 288 g/mol. The number of rotatable bonds is 9. The molecule has 0 rings (SSSR count). The number of unbranched alkanes of at least 4 members (excludes halogenated alkanes) is 3. The zero-order valence-corrected chi connectivity index (χ0v) is 13.6. The molecule has 0 aromatic carbocycles. The van der Waals surface area contributed by atoms with E-state index in [1.165, 1.54) is 0 Å². The number of carbonyl (C=O) groups is 2. The van der Waals surface area contributed by atoms with Gasteiger partial charge in [-0.25, -0.2) is 0 Å². The first-order valence-corrected chi connectivity index (χ1v) is 7.10. The number of carboxylic acid groups (broad SMARTS) is 1. The zero-order valence-electron chi connectivity index (χ0n) is 10.8. The van der Waals surface area contributed by atoms with Crippen LogP contribution in [0.5, 0.6) is 0 Å². The third-order valence-corrected chi connectivity index (χ3v) is 3.23. The Morgan fingerprint density at radius 1 is 1.11 bits per heavy atom. The van der Waals surface area contributed by atoms with Crippen molar-refractivity contribution in [3.8, 4) is 0 Å². The summed E-state index contributed by atoms with van der Waals surface area (Å²) in [4.78, 5) is 21.0.